The van der Waals surface area contributed by atoms with Crippen molar-refractivity contribution >= 4 is 11.9 Å². The molecule has 0 aliphatic heterocycles. The van der Waals surface area contributed by atoms with Crippen LogP contribution in [0.1, 0.15) is 72.4 Å². The number of carboxylic acid groups (broad SMARTS) is 1. The molecule has 9 nitrogen and oxygen atoms in total. The molecule has 2 aromatic carbocycles. The molecule has 0 aliphatic carbocycles. The fraction of sp³-hybridized carbons (Fsp3) is 0.550. The molecule has 0 saturated heterocycles. The molecule has 49 heavy (non-hydrogen) atoms. The van der Waals surface area contributed by atoms with Crippen LogP contribution in [-0.4, -0.2) is 102 Å². The summed E-state index contributed by atoms with van der Waals surface area (Å²) in [5.74, 6) is 12.4. The molecular formula is C40H62N4O5+2. The molecule has 0 saturated carbocycles. The molecule has 9 heteroatoms. The van der Waals surface area contributed by atoms with E-state index in [0.29, 0.717) is 43.8 Å². The minimum Gasteiger partial charge on any atom is -0.545 e. The van der Waals surface area contributed by atoms with Crippen molar-refractivity contribution in [1.82, 2.24) is 5.32 Å². The molecule has 2 aromatic rings. The Bertz CT molecular complexity index is 1360. The lowest BCUT2D eigenvalue weighted by Gasteiger charge is -2.27. The van der Waals surface area contributed by atoms with Crippen LogP contribution < -0.4 is 16.2 Å². The third kappa shape index (κ3) is 21.8. The summed E-state index contributed by atoms with van der Waals surface area (Å²) in [7, 11) is 8.57. The first-order valence-electron chi connectivity index (χ1n) is 17.4. The summed E-state index contributed by atoms with van der Waals surface area (Å²) >= 11 is 0. The highest BCUT2D eigenvalue weighted by Gasteiger charge is 2.16. The standard InChI is InChI=1S/C24H39N3O3.C16H21NO2/c1-21(2)8-5-15-27(3,4)20-22-9-11-23(12-10-22)24(28)26-14-7-17-30-19-18-29-16-6-13-25;1-13(2)6-5-11-17(3,4)12-14-7-9-15(10-8-14)16(18)19/h9-12,21H,6-7,13-20,25H2,1-4H3;7-10,13H,11-12H2,1-4H3/p+2. The van der Waals surface area contributed by atoms with Crippen LogP contribution >= 0.6 is 0 Å². The van der Waals surface area contributed by atoms with Crippen molar-refractivity contribution in [2.75, 3.05) is 80.8 Å². The Kier molecular flexibility index (Phi) is 20.9. The predicted octanol–water partition coefficient (Wildman–Crippen LogP) is 2.99. The summed E-state index contributed by atoms with van der Waals surface area (Å²) in [6, 6.07) is 14.7. The fourth-order valence-electron chi connectivity index (χ4n) is 4.54. The van der Waals surface area contributed by atoms with Crippen LogP contribution in [-0.2, 0) is 22.6 Å². The van der Waals surface area contributed by atoms with Crippen LogP contribution in [0.2, 0.25) is 0 Å². The number of ether oxygens (including phenoxy) is 2. The van der Waals surface area contributed by atoms with Crippen LogP contribution in [0, 0.1) is 35.5 Å². The average Bonchev–Trinajstić information content (AvgIpc) is 3.02. The normalized spacial score (nSPS) is 11.2. The van der Waals surface area contributed by atoms with Gasteiger partial charge < -0.3 is 39.4 Å². The maximum absolute atomic E-state index is 12.3. The van der Waals surface area contributed by atoms with E-state index in [4.69, 9.17) is 9.47 Å². The first-order chi connectivity index (χ1) is 23.1. The van der Waals surface area contributed by atoms with Gasteiger partial charge in [-0.15, -0.1) is 0 Å². The highest BCUT2D eigenvalue weighted by molar-refractivity contribution is 5.94. The molecule has 0 heterocycles. The molecule has 0 aromatic heterocycles. The van der Waals surface area contributed by atoms with Crippen molar-refractivity contribution in [3.05, 3.63) is 70.8 Å². The molecule has 270 valence electrons. The molecular weight excluding hydrogens is 616 g/mol. The summed E-state index contributed by atoms with van der Waals surface area (Å²) in [6.07, 6.45) is 1.77. The van der Waals surface area contributed by atoms with Crippen LogP contribution in [0.25, 0.3) is 0 Å². The number of nitrogens with zero attached hydrogens (tertiary/aromatic N) is 2. The molecule has 0 radical (unpaired) electrons. The van der Waals surface area contributed by atoms with Gasteiger partial charge >= 0.3 is 0 Å². The fourth-order valence-corrected chi connectivity index (χ4v) is 4.54. The van der Waals surface area contributed by atoms with Gasteiger partial charge in [-0.2, -0.15) is 0 Å². The lowest BCUT2D eigenvalue weighted by atomic mass is 10.1. The summed E-state index contributed by atoms with van der Waals surface area (Å²) < 4.78 is 12.5. The SMILES string of the molecule is CC(C)C#CC[N+](C)(C)Cc1ccc(C(=O)NCCCOCCOCCC[NH3+])cc1.CC(C)C#CC[N+](C)(C)Cc1ccc(C(=O)[O-])cc1. The Morgan fingerprint density at radius 2 is 1.14 bits per heavy atom. The number of aromatic carboxylic acids is 1. The van der Waals surface area contributed by atoms with Crippen LogP contribution in [0.3, 0.4) is 0 Å². The van der Waals surface area contributed by atoms with Gasteiger partial charge in [-0.25, -0.2) is 0 Å². The van der Waals surface area contributed by atoms with E-state index in [1.54, 1.807) is 12.1 Å². The smallest absolute Gasteiger partial charge is 0.251 e. The van der Waals surface area contributed by atoms with E-state index in [9.17, 15) is 14.7 Å². The number of carbonyl (C=O) groups is 2. The zero-order valence-corrected chi connectivity index (χ0v) is 31.4. The predicted molar refractivity (Wildman–Crippen MR) is 195 cm³/mol. The van der Waals surface area contributed by atoms with Crippen LogP contribution in [0.5, 0.6) is 0 Å². The molecule has 0 aliphatic rings. The molecule has 0 unspecified atom stereocenters. The lowest BCUT2D eigenvalue weighted by molar-refractivity contribution is -0.896. The van der Waals surface area contributed by atoms with E-state index in [1.807, 2.05) is 36.4 Å². The summed E-state index contributed by atoms with van der Waals surface area (Å²) in [5, 5.41) is 13.6. The summed E-state index contributed by atoms with van der Waals surface area (Å²) in [5.41, 5.74) is 6.97. The molecule has 0 bridgehead atoms. The highest BCUT2D eigenvalue weighted by Crippen LogP contribution is 2.12. The Hall–Kier alpha value is -3.70. The van der Waals surface area contributed by atoms with Gasteiger partial charge in [0.25, 0.3) is 5.91 Å². The van der Waals surface area contributed by atoms with Crippen LogP contribution in [0.4, 0.5) is 0 Å². The third-order valence-electron chi connectivity index (χ3n) is 7.08. The number of carbonyl (C=O) groups excluding carboxylic acids is 2. The maximum atomic E-state index is 12.3. The van der Waals surface area contributed by atoms with E-state index < -0.39 is 5.97 Å². The third-order valence-corrected chi connectivity index (χ3v) is 7.08. The van der Waals surface area contributed by atoms with Gasteiger partial charge in [-0.05, 0) is 36.0 Å². The Morgan fingerprint density at radius 3 is 1.55 bits per heavy atom. The first kappa shape index (κ1) is 43.3. The Balaban J connectivity index is 0.000000542. The van der Waals surface area contributed by atoms with Crippen molar-refractivity contribution in [3.8, 4) is 23.7 Å². The number of carboxylic acids is 1. The average molecular weight is 679 g/mol. The number of hydrogen-bond donors (Lipinski definition) is 2. The van der Waals surface area contributed by atoms with Gasteiger partial charge in [0.15, 0.2) is 0 Å². The molecule has 0 spiro atoms. The van der Waals surface area contributed by atoms with Crippen LogP contribution in [0.15, 0.2) is 48.5 Å². The van der Waals surface area contributed by atoms with Gasteiger partial charge in [-0.3, -0.25) is 4.79 Å². The zero-order valence-electron chi connectivity index (χ0n) is 31.4. The van der Waals surface area contributed by atoms with Crippen molar-refractivity contribution in [2.45, 2.75) is 53.6 Å². The van der Waals surface area contributed by atoms with Crippen molar-refractivity contribution in [1.29, 1.82) is 0 Å². The monoisotopic (exact) mass is 678 g/mol. The number of benzene rings is 2. The topological polar surface area (TPSA) is 115 Å². The molecule has 2 rings (SSSR count). The van der Waals surface area contributed by atoms with Gasteiger partial charge in [0.1, 0.15) is 26.2 Å². The lowest BCUT2D eigenvalue weighted by Crippen LogP contribution is -2.50. The largest absolute Gasteiger partial charge is 0.545 e. The van der Waals surface area contributed by atoms with E-state index in [0.717, 1.165) is 66.7 Å². The van der Waals surface area contributed by atoms with Gasteiger partial charge in [-0.1, -0.05) is 75.9 Å². The number of quaternary nitrogens is 3. The summed E-state index contributed by atoms with van der Waals surface area (Å²) in [4.78, 5) is 23.0. The number of rotatable bonds is 18. The second kappa shape index (κ2) is 23.6. The molecule has 1 amide bonds. The molecule has 4 N–H and O–H groups in total. The highest BCUT2D eigenvalue weighted by atomic mass is 16.5. The van der Waals surface area contributed by atoms with Crippen molar-refractivity contribution in [2.24, 2.45) is 11.8 Å². The van der Waals surface area contributed by atoms with Gasteiger partial charge in [0, 0.05) is 48.1 Å². The Morgan fingerprint density at radius 1 is 0.714 bits per heavy atom. The van der Waals surface area contributed by atoms with Crippen molar-refractivity contribution in [3.63, 3.8) is 0 Å². The number of nitrogens with one attached hydrogen (secondary N) is 1. The second-order valence-corrected chi connectivity index (χ2v) is 14.2. The van der Waals surface area contributed by atoms with Gasteiger partial charge in [0.2, 0.25) is 0 Å². The van der Waals surface area contributed by atoms with E-state index in [1.165, 1.54) is 5.56 Å². The molecule has 0 atom stereocenters. The van der Waals surface area contributed by atoms with E-state index >= 15 is 0 Å². The number of hydrogen-bond acceptors (Lipinski definition) is 5. The van der Waals surface area contributed by atoms with Gasteiger partial charge in [0.05, 0.1) is 60.5 Å². The minimum absolute atomic E-state index is 0.0467. The second-order valence-electron chi connectivity index (χ2n) is 14.2. The van der Waals surface area contributed by atoms with E-state index in [-0.39, 0.29) is 11.5 Å². The minimum atomic E-state index is -1.14. The van der Waals surface area contributed by atoms with E-state index in [2.05, 4.69) is 90.6 Å². The van der Waals surface area contributed by atoms with Crippen molar-refractivity contribution < 1.29 is 38.9 Å². The number of amides is 1. The quantitative estimate of drug-likeness (QED) is 0.143. The maximum Gasteiger partial charge on any atom is 0.251 e. The summed E-state index contributed by atoms with van der Waals surface area (Å²) in [6.45, 7) is 15.7. The first-order valence-corrected chi connectivity index (χ1v) is 17.4. The molecule has 0 fully saturated rings. The Labute approximate surface area is 296 Å². The zero-order chi connectivity index (χ0) is 36.7.